The monoisotopic (exact) mass is 513 g/mol. The van der Waals surface area contributed by atoms with Crippen molar-refractivity contribution >= 4 is 24.2 Å². The third-order valence-corrected chi connectivity index (χ3v) is 6.91. The van der Waals surface area contributed by atoms with Gasteiger partial charge in [0.05, 0.1) is 32.5 Å². The Morgan fingerprint density at radius 2 is 1.60 bits per heavy atom. The number of halogens is 1. The number of nitrogens with one attached hydrogen (secondary N) is 1. The van der Waals surface area contributed by atoms with Gasteiger partial charge in [0.15, 0.2) is 0 Å². The molecule has 35 heavy (non-hydrogen) atoms. The van der Waals surface area contributed by atoms with Gasteiger partial charge in [0.2, 0.25) is 0 Å². The molecule has 0 amide bonds. The van der Waals surface area contributed by atoms with Crippen LogP contribution in [0.15, 0.2) is 83.8 Å². The highest BCUT2D eigenvalue weighted by Crippen LogP contribution is 2.30. The van der Waals surface area contributed by atoms with E-state index in [1.165, 1.54) is 21.6 Å². The van der Waals surface area contributed by atoms with E-state index < -0.39 is 0 Å². The summed E-state index contributed by atoms with van der Waals surface area (Å²) in [6.45, 7) is 4.55. The summed E-state index contributed by atoms with van der Waals surface area (Å²) in [5, 5.41) is 3.49. The molecule has 3 aromatic rings. The standard InChI is InChI=1S/C29H35NO3S.ClH/c1-34-27-14-8-24(9-15-27)22-33-29-20-30-17-16-28(29)25-10-12-26(13-11-25)32-19-5-18-31-21-23-6-3-2-4-7-23;/h2-4,6-15,28-30H,5,16-22H2,1H3;1H. The predicted molar refractivity (Wildman–Crippen MR) is 147 cm³/mol. The first kappa shape index (κ1) is 27.6. The van der Waals surface area contributed by atoms with Gasteiger partial charge in [0.25, 0.3) is 0 Å². The Bertz CT molecular complexity index is 969. The van der Waals surface area contributed by atoms with Crippen LogP contribution < -0.4 is 10.1 Å². The number of hydrogen-bond acceptors (Lipinski definition) is 5. The Balaban J connectivity index is 0.00000342. The van der Waals surface area contributed by atoms with Crippen molar-refractivity contribution in [3.8, 4) is 5.75 Å². The van der Waals surface area contributed by atoms with Crippen molar-refractivity contribution in [1.29, 1.82) is 0 Å². The zero-order valence-corrected chi connectivity index (χ0v) is 22.0. The van der Waals surface area contributed by atoms with E-state index in [-0.39, 0.29) is 18.5 Å². The largest absolute Gasteiger partial charge is 0.494 e. The lowest BCUT2D eigenvalue weighted by atomic mass is 9.87. The molecule has 1 fully saturated rings. The summed E-state index contributed by atoms with van der Waals surface area (Å²) in [6, 6.07) is 27.5. The highest BCUT2D eigenvalue weighted by atomic mass is 35.5. The van der Waals surface area contributed by atoms with Crippen molar-refractivity contribution in [3.63, 3.8) is 0 Å². The van der Waals surface area contributed by atoms with Gasteiger partial charge in [-0.05, 0) is 60.2 Å². The first-order valence-corrected chi connectivity index (χ1v) is 13.3. The van der Waals surface area contributed by atoms with E-state index in [0.29, 0.717) is 32.3 Å². The van der Waals surface area contributed by atoms with E-state index in [0.717, 1.165) is 31.7 Å². The summed E-state index contributed by atoms with van der Waals surface area (Å²) in [5.74, 6) is 1.30. The van der Waals surface area contributed by atoms with Crippen molar-refractivity contribution in [2.75, 3.05) is 32.6 Å². The van der Waals surface area contributed by atoms with Crippen LogP contribution >= 0.6 is 24.2 Å². The normalized spacial score (nSPS) is 17.5. The predicted octanol–water partition coefficient (Wildman–Crippen LogP) is 6.48. The lowest BCUT2D eigenvalue weighted by molar-refractivity contribution is 0.0106. The van der Waals surface area contributed by atoms with E-state index in [2.05, 4.69) is 72.2 Å². The number of benzene rings is 3. The fourth-order valence-electron chi connectivity index (χ4n) is 4.24. The quantitative estimate of drug-likeness (QED) is 0.222. The van der Waals surface area contributed by atoms with Crippen LogP contribution in [0, 0.1) is 0 Å². The van der Waals surface area contributed by atoms with Crippen LogP contribution in [-0.2, 0) is 22.7 Å². The Labute approximate surface area is 220 Å². The van der Waals surface area contributed by atoms with Gasteiger partial charge in [-0.3, -0.25) is 0 Å². The molecule has 1 aliphatic rings. The zero-order chi connectivity index (χ0) is 23.4. The molecule has 0 spiro atoms. The summed E-state index contributed by atoms with van der Waals surface area (Å²) in [7, 11) is 0. The fourth-order valence-corrected chi connectivity index (χ4v) is 4.65. The second-order valence-corrected chi connectivity index (χ2v) is 9.49. The van der Waals surface area contributed by atoms with Gasteiger partial charge in [-0.2, -0.15) is 0 Å². The smallest absolute Gasteiger partial charge is 0.119 e. The highest BCUT2D eigenvalue weighted by molar-refractivity contribution is 7.98. The SMILES string of the molecule is CSc1ccc(COC2CNCCC2c2ccc(OCCCOCc3ccccc3)cc2)cc1.Cl. The van der Waals surface area contributed by atoms with E-state index in [1.807, 2.05) is 18.2 Å². The number of hydrogen-bond donors (Lipinski definition) is 1. The molecule has 6 heteroatoms. The molecule has 0 aliphatic carbocycles. The van der Waals surface area contributed by atoms with Crippen molar-refractivity contribution in [2.24, 2.45) is 0 Å². The second kappa shape index (κ2) is 15.2. The number of ether oxygens (including phenoxy) is 3. The Morgan fingerprint density at radius 1 is 0.857 bits per heavy atom. The first-order valence-electron chi connectivity index (χ1n) is 12.1. The summed E-state index contributed by atoms with van der Waals surface area (Å²) in [4.78, 5) is 1.28. The lowest BCUT2D eigenvalue weighted by Gasteiger charge is -2.32. The molecule has 0 aromatic heterocycles. The van der Waals surface area contributed by atoms with Gasteiger partial charge in [-0.1, -0.05) is 54.6 Å². The van der Waals surface area contributed by atoms with Crippen LogP contribution in [-0.4, -0.2) is 38.7 Å². The Morgan fingerprint density at radius 3 is 2.34 bits per heavy atom. The van der Waals surface area contributed by atoms with Gasteiger partial charge in [-0.25, -0.2) is 0 Å². The third-order valence-electron chi connectivity index (χ3n) is 6.17. The van der Waals surface area contributed by atoms with Crippen molar-refractivity contribution < 1.29 is 14.2 Å². The lowest BCUT2D eigenvalue weighted by Crippen LogP contribution is -2.40. The van der Waals surface area contributed by atoms with Gasteiger partial charge in [0, 0.05) is 23.8 Å². The average molecular weight is 514 g/mol. The van der Waals surface area contributed by atoms with Crippen LogP contribution in [0.3, 0.4) is 0 Å². The van der Waals surface area contributed by atoms with E-state index >= 15 is 0 Å². The van der Waals surface area contributed by atoms with Crippen LogP contribution in [0.5, 0.6) is 5.75 Å². The molecule has 4 nitrogen and oxygen atoms in total. The maximum atomic E-state index is 6.36. The van der Waals surface area contributed by atoms with E-state index in [1.54, 1.807) is 11.8 Å². The molecule has 1 aliphatic heterocycles. The summed E-state index contributed by atoms with van der Waals surface area (Å²) in [5.41, 5.74) is 3.74. The summed E-state index contributed by atoms with van der Waals surface area (Å²) >= 11 is 1.76. The van der Waals surface area contributed by atoms with E-state index in [4.69, 9.17) is 14.2 Å². The van der Waals surface area contributed by atoms with E-state index in [9.17, 15) is 0 Å². The maximum Gasteiger partial charge on any atom is 0.119 e. The van der Waals surface area contributed by atoms with Crippen molar-refractivity contribution in [3.05, 3.63) is 95.6 Å². The molecule has 0 radical (unpaired) electrons. The average Bonchev–Trinajstić information content (AvgIpc) is 2.91. The molecule has 0 bridgehead atoms. The molecule has 2 atom stereocenters. The number of piperidine rings is 1. The van der Waals surface area contributed by atoms with Crippen LogP contribution in [0.25, 0.3) is 0 Å². The van der Waals surface area contributed by atoms with Gasteiger partial charge < -0.3 is 19.5 Å². The molecule has 188 valence electrons. The molecule has 1 saturated heterocycles. The highest BCUT2D eigenvalue weighted by Gasteiger charge is 2.27. The van der Waals surface area contributed by atoms with Gasteiger partial charge >= 0.3 is 0 Å². The first-order chi connectivity index (χ1) is 16.8. The van der Waals surface area contributed by atoms with Crippen molar-refractivity contribution in [2.45, 2.75) is 43.0 Å². The number of rotatable bonds is 12. The minimum Gasteiger partial charge on any atom is -0.494 e. The summed E-state index contributed by atoms with van der Waals surface area (Å²) in [6.07, 6.45) is 4.22. The minimum absolute atomic E-state index is 0. The minimum atomic E-state index is 0. The van der Waals surface area contributed by atoms with Crippen LogP contribution in [0.1, 0.15) is 35.4 Å². The number of thioether (sulfide) groups is 1. The third kappa shape index (κ3) is 8.85. The second-order valence-electron chi connectivity index (χ2n) is 8.61. The maximum absolute atomic E-state index is 6.36. The van der Waals surface area contributed by atoms with Gasteiger partial charge in [-0.15, -0.1) is 24.2 Å². The topological polar surface area (TPSA) is 39.7 Å². The Hall–Kier alpha value is -2.02. The summed E-state index contributed by atoms with van der Waals surface area (Å²) < 4.78 is 18.0. The molecule has 3 aromatic carbocycles. The molecule has 2 unspecified atom stereocenters. The molecule has 0 saturated carbocycles. The van der Waals surface area contributed by atoms with Gasteiger partial charge in [0.1, 0.15) is 5.75 Å². The Kier molecular flexibility index (Phi) is 11.9. The molecule has 4 rings (SSSR count). The van der Waals surface area contributed by atoms with Crippen LogP contribution in [0.4, 0.5) is 0 Å². The van der Waals surface area contributed by atoms with Crippen LogP contribution in [0.2, 0.25) is 0 Å². The molecule has 1 heterocycles. The fraction of sp³-hybridized carbons (Fsp3) is 0.379. The molecular weight excluding hydrogens is 478 g/mol. The van der Waals surface area contributed by atoms with Crippen molar-refractivity contribution in [1.82, 2.24) is 5.32 Å². The molecule has 1 N–H and O–H groups in total. The zero-order valence-electron chi connectivity index (χ0n) is 20.4. The molecular formula is C29H36ClNO3S.